The summed E-state index contributed by atoms with van der Waals surface area (Å²) in [7, 11) is 0. The molecule has 532 valence electrons. The van der Waals surface area contributed by atoms with Crippen LogP contribution in [-0.2, 0) is 22.2 Å². The lowest BCUT2D eigenvalue weighted by Crippen LogP contribution is -2.35. The monoisotopic (exact) mass is 1890 g/mol. The molecule has 8 N–H and O–H groups in total. The first-order valence-electron chi connectivity index (χ1n) is 31.6. The molecule has 0 amide bonds. The predicted octanol–water partition coefficient (Wildman–Crippen LogP) is 21.0. The molecule has 2 unspecified atom stereocenters. The quantitative estimate of drug-likeness (QED) is 0.0810. The van der Waals surface area contributed by atoms with E-state index in [1.54, 1.807) is 84.0 Å². The number of amidine groups is 4. The normalized spacial score (nSPS) is 20.7. The topological polar surface area (TPSA) is 285 Å². The van der Waals surface area contributed by atoms with Crippen LogP contribution in [0.15, 0.2) is 204 Å². The highest BCUT2D eigenvalue weighted by Gasteiger charge is 2.49. The maximum absolute atomic E-state index is 12.2. The van der Waals surface area contributed by atoms with Crippen molar-refractivity contribution in [2.45, 2.75) is 47.8 Å². The van der Waals surface area contributed by atoms with E-state index in [-0.39, 0.29) is 10.6 Å². The number of benzene rings is 5. The molecule has 33 heteroatoms. The molecule has 0 saturated carbocycles. The van der Waals surface area contributed by atoms with Crippen molar-refractivity contribution >= 4 is 227 Å². The Labute approximate surface area is 683 Å². The zero-order valence-electron chi connectivity index (χ0n) is 53.8. The Kier molecular flexibility index (Phi) is 21.4. The van der Waals surface area contributed by atoms with Gasteiger partial charge in [0.05, 0.1) is 41.8 Å². The summed E-state index contributed by atoms with van der Waals surface area (Å²) in [5, 5.41) is 5.26. The molecule has 0 aliphatic carbocycles. The Balaban J connectivity index is 0.000000106. The number of pyridine rings is 5. The van der Waals surface area contributed by atoms with E-state index in [0.717, 1.165) is 139 Å². The molecule has 19 rings (SSSR count). The van der Waals surface area contributed by atoms with Crippen molar-refractivity contribution in [3.63, 3.8) is 0 Å². The van der Waals surface area contributed by atoms with Crippen molar-refractivity contribution in [1.29, 1.82) is 0 Å². The average molecular weight is 1900 g/mol. The van der Waals surface area contributed by atoms with Crippen molar-refractivity contribution in [2.75, 3.05) is 23.0 Å². The summed E-state index contributed by atoms with van der Waals surface area (Å²) in [6.45, 7) is 0. The van der Waals surface area contributed by atoms with E-state index in [1.807, 2.05) is 103 Å². The Bertz CT molecular complexity index is 4810. The largest absolute Gasteiger partial charge is 0.455 e. The molecule has 0 saturated heterocycles. The van der Waals surface area contributed by atoms with Crippen molar-refractivity contribution in [1.82, 2.24) is 24.9 Å². The maximum Gasteiger partial charge on any atom is 0.200 e. The minimum absolute atomic E-state index is 0.105. The number of rotatable bonds is 0. The summed E-state index contributed by atoms with van der Waals surface area (Å²) in [5.74, 6) is 9.41. The molecule has 4 atom stereocenters. The Morgan fingerprint density at radius 3 is 0.886 bits per heavy atom. The predicted molar refractivity (Wildman–Crippen MR) is 442 cm³/mol. The Morgan fingerprint density at radius 1 is 0.324 bits per heavy atom. The standard InChI is InChI=1S/4C15H11BrClN3OS.C12H5BrClNO2/c4*16-8-1-2-11-9(5-8)15(3-4-22-14(18)20-15)10-6-13(17)19-7-12(10)21-11;13-6-1-2-9-7(3-6)12(16)8-4-11(14)15-5-10(8)17-9/h4*1-2,5-7H,3-4H2,(H2,18,20);1-5H/t2*15-;;;/m10.../s1. The molecule has 4 spiro atoms. The van der Waals surface area contributed by atoms with Gasteiger partial charge in [-0.25, -0.2) is 44.9 Å². The minimum atomic E-state index is -0.561. The molecule has 19 nitrogen and oxygen atoms in total. The van der Waals surface area contributed by atoms with E-state index in [9.17, 15) is 4.79 Å². The van der Waals surface area contributed by atoms with Crippen molar-refractivity contribution in [3.05, 3.63) is 255 Å². The highest BCUT2D eigenvalue weighted by molar-refractivity contribution is 9.11. The van der Waals surface area contributed by atoms with E-state index in [2.05, 4.69) is 105 Å². The maximum atomic E-state index is 12.2. The van der Waals surface area contributed by atoms with Gasteiger partial charge in [0.1, 0.15) is 76.5 Å². The summed E-state index contributed by atoms with van der Waals surface area (Å²) < 4.78 is 34.3. The smallest absolute Gasteiger partial charge is 0.200 e. The van der Waals surface area contributed by atoms with Crippen LogP contribution in [0.3, 0.4) is 0 Å². The fourth-order valence-corrected chi connectivity index (χ4v) is 19.5. The van der Waals surface area contributed by atoms with E-state index in [4.69, 9.17) is 124 Å². The summed E-state index contributed by atoms with van der Waals surface area (Å²) >= 11 is 54.0. The number of ether oxygens (including phenoxy) is 4. The first-order chi connectivity index (χ1) is 50.5. The first-order valence-corrected chi connectivity index (χ1v) is 41.4. The van der Waals surface area contributed by atoms with Crippen LogP contribution in [0.4, 0.5) is 0 Å². The molecule has 11 aromatic rings. The van der Waals surface area contributed by atoms with Crippen LogP contribution in [0.2, 0.25) is 25.8 Å². The number of hydrogen-bond acceptors (Lipinski definition) is 23. The average Bonchev–Trinajstić information content (AvgIpc) is 0.743. The fraction of sp³-hybridized carbons (Fsp3) is 0.167. The molecule has 8 aliphatic rings. The highest BCUT2D eigenvalue weighted by Crippen LogP contribution is 2.58. The van der Waals surface area contributed by atoms with Gasteiger partial charge in [-0.1, -0.05) is 185 Å². The second kappa shape index (κ2) is 30.3. The van der Waals surface area contributed by atoms with Gasteiger partial charge in [-0.3, -0.25) is 4.79 Å². The lowest BCUT2D eigenvalue weighted by atomic mass is 9.79. The second-order valence-electron chi connectivity index (χ2n) is 24.2. The fourth-order valence-electron chi connectivity index (χ4n) is 13.6. The van der Waals surface area contributed by atoms with E-state index < -0.39 is 22.2 Å². The van der Waals surface area contributed by atoms with Crippen molar-refractivity contribution < 1.29 is 23.4 Å². The zero-order chi connectivity index (χ0) is 73.3. The van der Waals surface area contributed by atoms with Gasteiger partial charge in [-0.05, 0) is 147 Å². The molecule has 105 heavy (non-hydrogen) atoms. The number of fused-ring (bicyclic) bond motifs is 18. The molecule has 6 aromatic heterocycles. The number of nitrogens with two attached hydrogens (primary N) is 4. The summed E-state index contributed by atoms with van der Waals surface area (Å²) in [4.78, 5) is 51.9. The first kappa shape index (κ1) is 74.1. The summed E-state index contributed by atoms with van der Waals surface area (Å²) in [6.07, 6.45) is 11.4. The molecule has 8 aliphatic heterocycles. The van der Waals surface area contributed by atoms with E-state index >= 15 is 0 Å². The highest BCUT2D eigenvalue weighted by atomic mass is 79.9. The minimum Gasteiger partial charge on any atom is -0.455 e. The van der Waals surface area contributed by atoms with Crippen molar-refractivity contribution in [3.8, 4) is 46.0 Å². The van der Waals surface area contributed by atoms with Crippen molar-refractivity contribution in [2.24, 2.45) is 42.9 Å². The van der Waals surface area contributed by atoms with Gasteiger partial charge in [-0.2, -0.15) is 0 Å². The SMILES string of the molecule is NC1=NC2(CCS1)c1cc(Br)ccc1Oc1cnc(Cl)cc12.NC1=NC2(CCS1)c1cc(Br)ccc1Oc1cnc(Cl)cc12.NC1=N[C@@]2(CCS1)c1cc(Br)ccc1Oc1cnc(Cl)cc12.NC1=N[C@]2(CCS1)c1cc(Br)ccc1Oc1cnc(Cl)cc12.O=c1c2cc(Br)ccc2oc2cnc(Cl)cc12. The van der Waals surface area contributed by atoms with Crippen LogP contribution in [-0.4, -0.2) is 68.6 Å². The third kappa shape index (κ3) is 14.6. The Hall–Kier alpha value is -6.35. The molecule has 0 fully saturated rings. The Morgan fingerprint density at radius 2 is 0.581 bits per heavy atom. The summed E-state index contributed by atoms with van der Waals surface area (Å²) in [5.41, 5.74) is 30.5. The number of nitrogens with zero attached hydrogens (tertiary/aromatic N) is 9. The van der Waals surface area contributed by atoms with Crippen LogP contribution in [0.5, 0.6) is 46.0 Å². The number of hydrogen-bond donors (Lipinski definition) is 4. The second-order valence-corrected chi connectivity index (χ2v) is 35.2. The zero-order valence-corrected chi connectivity index (χ0v) is 68.8. The van der Waals surface area contributed by atoms with Crippen LogP contribution >= 0.6 is 185 Å². The van der Waals surface area contributed by atoms with Crippen LogP contribution in [0.1, 0.15) is 70.2 Å². The van der Waals surface area contributed by atoms with Gasteiger partial charge < -0.3 is 46.3 Å². The third-order valence-corrected chi connectivity index (χ3v) is 24.8. The number of thioether (sulfide) groups is 4. The van der Waals surface area contributed by atoms with Crippen LogP contribution in [0, 0.1) is 0 Å². The number of halogens is 10. The van der Waals surface area contributed by atoms with E-state index in [1.165, 1.54) is 12.3 Å². The van der Waals surface area contributed by atoms with Gasteiger partial charge in [-0.15, -0.1) is 0 Å². The molecular formula is C72H49Br5Cl5N13O6S4. The lowest BCUT2D eigenvalue weighted by molar-refractivity contribution is 0.389. The van der Waals surface area contributed by atoms with Gasteiger partial charge in [0.15, 0.2) is 49.3 Å². The number of aromatic nitrogens is 5. The van der Waals surface area contributed by atoms with Gasteiger partial charge in [0.25, 0.3) is 0 Å². The molecule has 5 aromatic carbocycles. The van der Waals surface area contributed by atoms with Crippen LogP contribution in [0.25, 0.3) is 21.9 Å². The van der Waals surface area contributed by atoms with Gasteiger partial charge in [0, 0.05) is 89.9 Å². The third-order valence-electron chi connectivity index (χ3n) is 18.1. The molecule has 0 radical (unpaired) electrons. The summed E-state index contributed by atoms with van der Waals surface area (Å²) in [6, 6.07) is 37.8. The molecule has 14 heterocycles. The van der Waals surface area contributed by atoms with Gasteiger partial charge >= 0.3 is 0 Å². The van der Waals surface area contributed by atoms with Gasteiger partial charge in [0.2, 0.25) is 5.43 Å². The van der Waals surface area contributed by atoms with Crippen LogP contribution < -0.4 is 47.3 Å². The van der Waals surface area contributed by atoms with E-state index in [0.29, 0.717) is 86.2 Å². The number of aliphatic imine (C=N–C) groups is 4. The molecular weight excluding hydrogens is 1850 g/mol. The lowest BCUT2D eigenvalue weighted by Gasteiger charge is -2.39. The molecule has 0 bridgehead atoms.